The van der Waals surface area contributed by atoms with Gasteiger partial charge in [-0.25, -0.2) is 0 Å². The van der Waals surface area contributed by atoms with Gasteiger partial charge >= 0.3 is 0 Å². The highest BCUT2D eigenvalue weighted by atomic mass is 15.1. The molecule has 18 heavy (non-hydrogen) atoms. The molecule has 0 fully saturated rings. The Morgan fingerprint density at radius 3 is 2.00 bits per heavy atom. The largest absolute Gasteiger partial charge is 0.341 e. The number of nitrogens with zero attached hydrogens (tertiary/aromatic N) is 1. The van der Waals surface area contributed by atoms with Gasteiger partial charge in [-0.15, -0.1) is 0 Å². The molecular formula is C16H18N2. The molecule has 1 aliphatic rings. The molecule has 1 aliphatic heterocycles. The Hall–Kier alpha value is -1.80. The molecule has 2 heteroatoms. The summed E-state index contributed by atoms with van der Waals surface area (Å²) in [5.74, 6) is 0. The van der Waals surface area contributed by atoms with Gasteiger partial charge in [0.15, 0.2) is 0 Å². The summed E-state index contributed by atoms with van der Waals surface area (Å²) in [6, 6.07) is 17.3. The third-order valence-corrected chi connectivity index (χ3v) is 3.53. The summed E-state index contributed by atoms with van der Waals surface area (Å²) in [5, 5.41) is 0. The van der Waals surface area contributed by atoms with Crippen molar-refractivity contribution in [2.45, 2.75) is 12.8 Å². The minimum absolute atomic E-state index is 0.737. The average molecular weight is 238 g/mol. The van der Waals surface area contributed by atoms with E-state index in [0.717, 1.165) is 25.9 Å². The van der Waals surface area contributed by atoms with Crippen LogP contribution in [0.5, 0.6) is 0 Å². The van der Waals surface area contributed by atoms with Crippen molar-refractivity contribution in [2.75, 3.05) is 18.0 Å². The molecule has 0 aliphatic carbocycles. The fourth-order valence-electron chi connectivity index (χ4n) is 2.67. The molecule has 2 nitrogen and oxygen atoms in total. The second-order valence-corrected chi connectivity index (χ2v) is 4.73. The molecule has 0 radical (unpaired) electrons. The van der Waals surface area contributed by atoms with Gasteiger partial charge in [-0.05, 0) is 36.2 Å². The van der Waals surface area contributed by atoms with Crippen LogP contribution in [0.2, 0.25) is 0 Å². The van der Waals surface area contributed by atoms with E-state index >= 15 is 0 Å². The van der Waals surface area contributed by atoms with Gasteiger partial charge in [0.2, 0.25) is 0 Å². The predicted octanol–water partition coefficient (Wildman–Crippen LogP) is 3.08. The van der Waals surface area contributed by atoms with Gasteiger partial charge in [0, 0.05) is 24.3 Å². The fourth-order valence-corrected chi connectivity index (χ4v) is 2.67. The maximum Gasteiger partial charge on any atom is 0.0446 e. The molecule has 3 rings (SSSR count). The van der Waals surface area contributed by atoms with Gasteiger partial charge in [-0.3, -0.25) is 0 Å². The maximum atomic E-state index is 5.66. The standard InChI is InChI=1S/C16H18N2/c17-10-5-11-18-15-8-3-1-6-13(15)12-14-7-2-4-9-16(14)18/h1-4,6-9H,5,10-12,17H2. The van der Waals surface area contributed by atoms with Gasteiger partial charge in [0.25, 0.3) is 0 Å². The van der Waals surface area contributed by atoms with Crippen LogP contribution in [0.1, 0.15) is 17.5 Å². The quantitative estimate of drug-likeness (QED) is 0.890. The first-order valence-corrected chi connectivity index (χ1v) is 6.53. The maximum absolute atomic E-state index is 5.66. The van der Waals surface area contributed by atoms with Gasteiger partial charge in [-0.1, -0.05) is 36.4 Å². The van der Waals surface area contributed by atoms with E-state index in [1.807, 2.05) is 0 Å². The fraction of sp³-hybridized carbons (Fsp3) is 0.250. The second-order valence-electron chi connectivity index (χ2n) is 4.73. The summed E-state index contributed by atoms with van der Waals surface area (Å²) in [6.07, 6.45) is 2.05. The van der Waals surface area contributed by atoms with Crippen molar-refractivity contribution in [3.8, 4) is 0 Å². The number of benzene rings is 2. The molecule has 92 valence electrons. The highest BCUT2D eigenvalue weighted by Crippen LogP contribution is 2.38. The van der Waals surface area contributed by atoms with Gasteiger partial charge in [0.05, 0.1) is 0 Å². The van der Waals surface area contributed by atoms with Gasteiger partial charge in [0.1, 0.15) is 0 Å². The predicted molar refractivity (Wildman–Crippen MR) is 76.4 cm³/mol. The Morgan fingerprint density at radius 2 is 1.44 bits per heavy atom. The zero-order chi connectivity index (χ0) is 12.4. The van der Waals surface area contributed by atoms with E-state index < -0.39 is 0 Å². The molecule has 0 saturated heterocycles. The minimum Gasteiger partial charge on any atom is -0.341 e. The molecule has 0 spiro atoms. The SMILES string of the molecule is NCCCN1c2ccccc2Cc2ccccc21. The number of fused-ring (bicyclic) bond motifs is 2. The molecule has 0 unspecified atom stereocenters. The molecule has 2 aromatic carbocycles. The number of nitrogens with two attached hydrogens (primary N) is 1. The third-order valence-electron chi connectivity index (χ3n) is 3.53. The molecule has 2 aromatic rings. The van der Waals surface area contributed by atoms with Crippen molar-refractivity contribution in [3.05, 3.63) is 59.7 Å². The van der Waals surface area contributed by atoms with Crippen molar-refractivity contribution in [2.24, 2.45) is 5.73 Å². The summed E-state index contributed by atoms with van der Waals surface area (Å²) in [6.45, 7) is 1.73. The van der Waals surface area contributed by atoms with Crippen molar-refractivity contribution < 1.29 is 0 Å². The lowest BCUT2D eigenvalue weighted by Crippen LogP contribution is -2.25. The Morgan fingerprint density at radius 1 is 0.889 bits per heavy atom. The first kappa shape index (κ1) is 11.3. The summed E-state index contributed by atoms with van der Waals surface area (Å²) in [4.78, 5) is 2.40. The van der Waals surface area contributed by atoms with Crippen LogP contribution < -0.4 is 10.6 Å². The molecule has 0 amide bonds. The molecule has 0 aromatic heterocycles. The Balaban J connectivity index is 2.05. The van der Waals surface area contributed by atoms with Crippen LogP contribution in [0.15, 0.2) is 48.5 Å². The first-order valence-electron chi connectivity index (χ1n) is 6.53. The van der Waals surface area contributed by atoms with Crippen molar-refractivity contribution in [1.29, 1.82) is 0 Å². The number of para-hydroxylation sites is 2. The first-order chi connectivity index (χ1) is 8.90. The Labute approximate surface area is 108 Å². The van der Waals surface area contributed by atoms with E-state index in [2.05, 4.69) is 53.4 Å². The van der Waals surface area contributed by atoms with Crippen molar-refractivity contribution in [3.63, 3.8) is 0 Å². The second kappa shape index (κ2) is 4.83. The Kier molecular flexibility index (Phi) is 3.03. The molecular weight excluding hydrogens is 220 g/mol. The lowest BCUT2D eigenvalue weighted by molar-refractivity contribution is 0.805. The van der Waals surface area contributed by atoms with Gasteiger partial charge < -0.3 is 10.6 Å². The highest BCUT2D eigenvalue weighted by Gasteiger charge is 2.20. The molecule has 2 N–H and O–H groups in total. The molecule has 0 bridgehead atoms. The van der Waals surface area contributed by atoms with Crippen LogP contribution in [0.25, 0.3) is 0 Å². The van der Waals surface area contributed by atoms with E-state index in [1.54, 1.807) is 0 Å². The minimum atomic E-state index is 0.737. The molecule has 0 saturated carbocycles. The lowest BCUT2D eigenvalue weighted by Gasteiger charge is -2.33. The van der Waals surface area contributed by atoms with Crippen LogP contribution in [-0.2, 0) is 6.42 Å². The topological polar surface area (TPSA) is 29.3 Å². The summed E-state index contributed by atoms with van der Waals surface area (Å²) < 4.78 is 0. The van der Waals surface area contributed by atoms with Crippen LogP contribution >= 0.6 is 0 Å². The summed E-state index contributed by atoms with van der Waals surface area (Å²) >= 11 is 0. The number of anilines is 2. The van der Waals surface area contributed by atoms with Gasteiger partial charge in [-0.2, -0.15) is 0 Å². The normalized spacial score (nSPS) is 13.1. The zero-order valence-corrected chi connectivity index (χ0v) is 10.5. The third kappa shape index (κ3) is 1.89. The van der Waals surface area contributed by atoms with E-state index in [4.69, 9.17) is 5.73 Å². The molecule has 0 atom stereocenters. The van der Waals surface area contributed by atoms with Crippen LogP contribution in [0, 0.1) is 0 Å². The Bertz CT molecular complexity index is 503. The summed E-state index contributed by atoms with van der Waals surface area (Å²) in [7, 11) is 0. The van der Waals surface area contributed by atoms with E-state index in [1.165, 1.54) is 22.5 Å². The highest BCUT2D eigenvalue weighted by molar-refractivity contribution is 5.74. The van der Waals surface area contributed by atoms with Crippen LogP contribution in [0.4, 0.5) is 11.4 Å². The van der Waals surface area contributed by atoms with Crippen molar-refractivity contribution in [1.82, 2.24) is 0 Å². The van der Waals surface area contributed by atoms with E-state index in [9.17, 15) is 0 Å². The smallest absolute Gasteiger partial charge is 0.0446 e. The molecule has 1 heterocycles. The number of hydrogen-bond donors (Lipinski definition) is 1. The van der Waals surface area contributed by atoms with Crippen LogP contribution in [-0.4, -0.2) is 13.1 Å². The van der Waals surface area contributed by atoms with Crippen LogP contribution in [0.3, 0.4) is 0 Å². The van der Waals surface area contributed by atoms with E-state index in [0.29, 0.717) is 0 Å². The number of rotatable bonds is 3. The lowest BCUT2D eigenvalue weighted by atomic mass is 9.95. The zero-order valence-electron chi connectivity index (χ0n) is 10.5. The van der Waals surface area contributed by atoms with E-state index in [-0.39, 0.29) is 0 Å². The number of hydrogen-bond acceptors (Lipinski definition) is 2. The monoisotopic (exact) mass is 238 g/mol. The summed E-state index contributed by atoms with van der Waals surface area (Å²) in [5.41, 5.74) is 11.2. The van der Waals surface area contributed by atoms with Crippen molar-refractivity contribution >= 4 is 11.4 Å². The average Bonchev–Trinajstić information content (AvgIpc) is 2.43.